The summed E-state index contributed by atoms with van der Waals surface area (Å²) in [5.74, 6) is -0.353. The molecule has 0 rings (SSSR count). The van der Waals surface area contributed by atoms with Crippen LogP contribution in [0.4, 0.5) is 0 Å². The van der Waals surface area contributed by atoms with Gasteiger partial charge in [0.25, 0.3) is 0 Å². The van der Waals surface area contributed by atoms with E-state index in [4.69, 9.17) is 4.74 Å². The molecule has 0 aromatic heterocycles. The highest BCUT2D eigenvalue weighted by molar-refractivity contribution is 5.69. The minimum atomic E-state index is -0.564. The standard InChI is InChI=1S/C23H44O5/c1-4-6-7-8-10-13-17-20(24)21(28-23(26)16-5-2)18-14-11-9-12-15-19-22(25)27-3/h20-21,24H,4-19H2,1-3H3. The number of carbonyl (C=O) groups is 2. The molecule has 2 atom stereocenters. The molecule has 0 fully saturated rings. The quantitative estimate of drug-likeness (QED) is 0.222. The Bertz CT molecular complexity index is 383. The highest BCUT2D eigenvalue weighted by Gasteiger charge is 2.22. The first-order valence-electron chi connectivity index (χ1n) is 11.5. The third-order valence-electron chi connectivity index (χ3n) is 5.12. The van der Waals surface area contributed by atoms with Crippen LogP contribution in [-0.4, -0.2) is 36.4 Å². The van der Waals surface area contributed by atoms with Gasteiger partial charge in [0.1, 0.15) is 6.10 Å². The van der Waals surface area contributed by atoms with Gasteiger partial charge in [-0.2, -0.15) is 0 Å². The molecular weight excluding hydrogens is 356 g/mol. The maximum absolute atomic E-state index is 11.9. The zero-order valence-electron chi connectivity index (χ0n) is 18.5. The van der Waals surface area contributed by atoms with E-state index < -0.39 is 6.10 Å². The summed E-state index contributed by atoms with van der Waals surface area (Å²) >= 11 is 0. The van der Waals surface area contributed by atoms with Crippen LogP contribution in [-0.2, 0) is 19.1 Å². The van der Waals surface area contributed by atoms with Crippen molar-refractivity contribution in [1.82, 2.24) is 0 Å². The fourth-order valence-electron chi connectivity index (χ4n) is 3.33. The van der Waals surface area contributed by atoms with Crippen LogP contribution in [0.15, 0.2) is 0 Å². The van der Waals surface area contributed by atoms with Crippen molar-refractivity contribution in [2.45, 2.75) is 129 Å². The highest BCUT2D eigenvalue weighted by atomic mass is 16.6. The zero-order chi connectivity index (χ0) is 21.0. The fourth-order valence-corrected chi connectivity index (χ4v) is 3.33. The van der Waals surface area contributed by atoms with E-state index in [1.165, 1.54) is 32.8 Å². The van der Waals surface area contributed by atoms with Gasteiger partial charge in [0, 0.05) is 12.8 Å². The van der Waals surface area contributed by atoms with Gasteiger partial charge >= 0.3 is 11.9 Å². The molecule has 166 valence electrons. The van der Waals surface area contributed by atoms with E-state index in [1.807, 2.05) is 6.92 Å². The van der Waals surface area contributed by atoms with Crippen molar-refractivity contribution in [1.29, 1.82) is 0 Å². The molecule has 0 bridgehead atoms. The Hall–Kier alpha value is -1.10. The molecule has 28 heavy (non-hydrogen) atoms. The molecule has 0 aliphatic heterocycles. The van der Waals surface area contributed by atoms with Crippen molar-refractivity contribution < 1.29 is 24.2 Å². The van der Waals surface area contributed by atoms with Crippen molar-refractivity contribution in [3.8, 4) is 0 Å². The number of ether oxygens (including phenoxy) is 2. The van der Waals surface area contributed by atoms with Crippen molar-refractivity contribution in [3.63, 3.8) is 0 Å². The lowest BCUT2D eigenvalue weighted by molar-refractivity contribution is -0.156. The number of esters is 2. The van der Waals surface area contributed by atoms with Gasteiger partial charge < -0.3 is 14.6 Å². The Morgan fingerprint density at radius 2 is 1.29 bits per heavy atom. The maximum Gasteiger partial charge on any atom is 0.306 e. The van der Waals surface area contributed by atoms with Gasteiger partial charge in [-0.15, -0.1) is 0 Å². The van der Waals surface area contributed by atoms with E-state index in [9.17, 15) is 14.7 Å². The smallest absolute Gasteiger partial charge is 0.306 e. The monoisotopic (exact) mass is 400 g/mol. The summed E-state index contributed by atoms with van der Waals surface area (Å²) in [6.07, 6.45) is 14.1. The predicted molar refractivity (Wildman–Crippen MR) is 113 cm³/mol. The number of aliphatic hydroxyl groups is 1. The molecule has 5 heteroatoms. The van der Waals surface area contributed by atoms with Gasteiger partial charge in [0.2, 0.25) is 0 Å². The number of aliphatic hydroxyl groups excluding tert-OH is 1. The Kier molecular flexibility index (Phi) is 18.5. The molecule has 2 unspecified atom stereocenters. The van der Waals surface area contributed by atoms with Crippen LogP contribution in [0.1, 0.15) is 117 Å². The van der Waals surface area contributed by atoms with Crippen molar-refractivity contribution >= 4 is 11.9 Å². The second kappa shape index (κ2) is 19.2. The number of hydrogen-bond acceptors (Lipinski definition) is 5. The molecule has 0 aromatic rings. The van der Waals surface area contributed by atoms with Crippen LogP contribution in [0.25, 0.3) is 0 Å². The van der Waals surface area contributed by atoms with E-state index in [-0.39, 0.29) is 18.0 Å². The topological polar surface area (TPSA) is 72.8 Å². The number of rotatable bonds is 19. The van der Waals surface area contributed by atoms with Gasteiger partial charge in [-0.25, -0.2) is 0 Å². The van der Waals surface area contributed by atoms with Gasteiger partial charge in [-0.1, -0.05) is 71.6 Å². The summed E-state index contributed by atoms with van der Waals surface area (Å²) in [6, 6.07) is 0. The van der Waals surface area contributed by atoms with Crippen LogP contribution in [0.2, 0.25) is 0 Å². The lowest BCUT2D eigenvalue weighted by atomic mass is 9.99. The maximum atomic E-state index is 11.9. The molecule has 0 spiro atoms. The van der Waals surface area contributed by atoms with E-state index in [1.54, 1.807) is 0 Å². The molecule has 0 aliphatic carbocycles. The molecular formula is C23H44O5. The molecule has 5 nitrogen and oxygen atoms in total. The molecule has 0 radical (unpaired) electrons. The van der Waals surface area contributed by atoms with E-state index in [2.05, 4.69) is 11.7 Å². The lowest BCUT2D eigenvalue weighted by Gasteiger charge is -2.23. The highest BCUT2D eigenvalue weighted by Crippen LogP contribution is 2.18. The summed E-state index contributed by atoms with van der Waals surface area (Å²) in [4.78, 5) is 23.0. The van der Waals surface area contributed by atoms with E-state index in [0.717, 1.165) is 51.4 Å². The van der Waals surface area contributed by atoms with Gasteiger partial charge in [0.15, 0.2) is 0 Å². The van der Waals surface area contributed by atoms with Gasteiger partial charge in [-0.05, 0) is 32.1 Å². The van der Waals surface area contributed by atoms with Crippen molar-refractivity contribution in [3.05, 3.63) is 0 Å². The number of methoxy groups -OCH3 is 1. The molecule has 0 saturated carbocycles. The van der Waals surface area contributed by atoms with Crippen LogP contribution in [0, 0.1) is 0 Å². The molecule has 0 amide bonds. The number of hydrogen-bond donors (Lipinski definition) is 1. The van der Waals surface area contributed by atoms with Crippen molar-refractivity contribution in [2.75, 3.05) is 7.11 Å². The summed E-state index contributed by atoms with van der Waals surface area (Å²) in [5, 5.41) is 10.5. The summed E-state index contributed by atoms with van der Waals surface area (Å²) < 4.78 is 10.2. The number of unbranched alkanes of at least 4 members (excludes halogenated alkanes) is 9. The predicted octanol–water partition coefficient (Wildman–Crippen LogP) is 5.71. The Balaban J connectivity index is 4.10. The summed E-state index contributed by atoms with van der Waals surface area (Å²) in [6.45, 7) is 4.16. The normalized spacial score (nSPS) is 13.1. The van der Waals surface area contributed by atoms with Crippen LogP contribution >= 0.6 is 0 Å². The third-order valence-corrected chi connectivity index (χ3v) is 5.12. The first-order valence-corrected chi connectivity index (χ1v) is 11.5. The van der Waals surface area contributed by atoms with E-state index in [0.29, 0.717) is 25.7 Å². The third kappa shape index (κ3) is 15.9. The average molecular weight is 401 g/mol. The van der Waals surface area contributed by atoms with Gasteiger partial charge in [-0.3, -0.25) is 9.59 Å². The minimum absolute atomic E-state index is 0.152. The summed E-state index contributed by atoms with van der Waals surface area (Å²) in [7, 11) is 1.42. The summed E-state index contributed by atoms with van der Waals surface area (Å²) in [5.41, 5.74) is 0. The SMILES string of the molecule is CCCCCCCCC(O)C(CCCCCCCC(=O)OC)OC(=O)CCC. The largest absolute Gasteiger partial charge is 0.469 e. The molecule has 0 aliphatic rings. The molecule has 0 saturated heterocycles. The Morgan fingerprint density at radius 3 is 1.89 bits per heavy atom. The second-order valence-corrected chi connectivity index (χ2v) is 7.78. The lowest BCUT2D eigenvalue weighted by Crippen LogP contribution is -2.31. The molecule has 1 N–H and O–H groups in total. The van der Waals surface area contributed by atoms with E-state index >= 15 is 0 Å². The second-order valence-electron chi connectivity index (χ2n) is 7.78. The Morgan fingerprint density at radius 1 is 0.714 bits per heavy atom. The zero-order valence-corrected chi connectivity index (χ0v) is 18.5. The average Bonchev–Trinajstić information content (AvgIpc) is 2.68. The first kappa shape index (κ1) is 26.9. The first-order chi connectivity index (χ1) is 13.5. The fraction of sp³-hybridized carbons (Fsp3) is 0.913. The van der Waals surface area contributed by atoms with Crippen molar-refractivity contribution in [2.24, 2.45) is 0 Å². The van der Waals surface area contributed by atoms with Crippen LogP contribution < -0.4 is 0 Å². The minimum Gasteiger partial charge on any atom is -0.469 e. The van der Waals surface area contributed by atoms with Crippen LogP contribution in [0.5, 0.6) is 0 Å². The number of carbonyl (C=O) groups excluding carboxylic acids is 2. The van der Waals surface area contributed by atoms with Crippen LogP contribution in [0.3, 0.4) is 0 Å². The van der Waals surface area contributed by atoms with Gasteiger partial charge in [0.05, 0.1) is 13.2 Å². The molecule has 0 aromatic carbocycles. The molecule has 0 heterocycles. The Labute approximate surface area is 172 Å².